The fourth-order valence-corrected chi connectivity index (χ4v) is 3.46. The number of imidazole rings is 1. The molecule has 1 aromatic heterocycles. The minimum Gasteiger partial charge on any atom is -0.378 e. The first-order chi connectivity index (χ1) is 13.5. The van der Waals surface area contributed by atoms with Gasteiger partial charge in [0.25, 0.3) is 0 Å². The van der Waals surface area contributed by atoms with Crippen LogP contribution in [0, 0.1) is 13.8 Å². The predicted octanol–water partition coefficient (Wildman–Crippen LogP) is 4.35. The summed E-state index contributed by atoms with van der Waals surface area (Å²) >= 11 is 0. The number of fused-ring (bicyclic) bond motifs is 1. The van der Waals surface area contributed by atoms with Gasteiger partial charge in [0.2, 0.25) is 5.91 Å². The lowest BCUT2D eigenvalue weighted by Gasteiger charge is -2.14. The normalized spacial score (nSPS) is 10.9. The van der Waals surface area contributed by atoms with Crippen LogP contribution in [0.1, 0.15) is 27.3 Å². The molecule has 28 heavy (non-hydrogen) atoms. The van der Waals surface area contributed by atoms with E-state index in [1.54, 1.807) is 12.1 Å². The second-order valence-corrected chi connectivity index (χ2v) is 6.94. The van der Waals surface area contributed by atoms with E-state index in [2.05, 4.69) is 41.9 Å². The zero-order valence-corrected chi connectivity index (χ0v) is 15.9. The molecule has 1 amide bonds. The van der Waals surface area contributed by atoms with Crippen LogP contribution in [0.4, 0.5) is 5.69 Å². The average Bonchev–Trinajstić information content (AvgIpc) is 3.04. The van der Waals surface area contributed by atoms with E-state index in [1.807, 2.05) is 36.4 Å². The van der Waals surface area contributed by atoms with E-state index in [-0.39, 0.29) is 0 Å². The molecule has 0 aliphatic carbocycles. The SMILES string of the molecule is Cc1ccc(-n2c(CNc3ccccc3)nc3cc(C(N)=O)ccc32)c(C)c1. The van der Waals surface area contributed by atoms with E-state index < -0.39 is 5.91 Å². The molecule has 5 nitrogen and oxygen atoms in total. The van der Waals surface area contributed by atoms with Gasteiger partial charge >= 0.3 is 0 Å². The molecule has 0 unspecified atom stereocenters. The van der Waals surface area contributed by atoms with Crippen LogP contribution in [-0.2, 0) is 6.54 Å². The summed E-state index contributed by atoms with van der Waals surface area (Å²) in [6.07, 6.45) is 0. The molecule has 1 heterocycles. The van der Waals surface area contributed by atoms with Gasteiger partial charge in [-0.1, -0.05) is 35.9 Å². The third-order valence-electron chi connectivity index (χ3n) is 4.83. The van der Waals surface area contributed by atoms with E-state index in [0.29, 0.717) is 12.1 Å². The number of rotatable bonds is 5. The minimum absolute atomic E-state index is 0.452. The number of aryl methyl sites for hydroxylation is 2. The largest absolute Gasteiger partial charge is 0.378 e. The van der Waals surface area contributed by atoms with Gasteiger partial charge in [-0.3, -0.25) is 9.36 Å². The molecule has 3 N–H and O–H groups in total. The summed E-state index contributed by atoms with van der Waals surface area (Å²) in [7, 11) is 0. The molecular weight excluding hydrogens is 348 g/mol. The first-order valence-electron chi connectivity index (χ1n) is 9.20. The smallest absolute Gasteiger partial charge is 0.248 e. The highest BCUT2D eigenvalue weighted by Gasteiger charge is 2.15. The molecule has 5 heteroatoms. The third-order valence-corrected chi connectivity index (χ3v) is 4.83. The van der Waals surface area contributed by atoms with Crippen molar-refractivity contribution in [1.29, 1.82) is 0 Å². The zero-order valence-electron chi connectivity index (χ0n) is 15.9. The Morgan fingerprint density at radius 3 is 2.54 bits per heavy atom. The Kier molecular flexibility index (Phi) is 4.57. The van der Waals surface area contributed by atoms with Gasteiger partial charge in [-0.15, -0.1) is 0 Å². The number of nitrogens with one attached hydrogen (secondary N) is 1. The Balaban J connectivity index is 1.85. The lowest BCUT2D eigenvalue weighted by atomic mass is 10.1. The van der Waals surface area contributed by atoms with Gasteiger partial charge in [0, 0.05) is 11.3 Å². The van der Waals surface area contributed by atoms with Gasteiger partial charge in [0.15, 0.2) is 0 Å². The molecule has 0 bridgehead atoms. The van der Waals surface area contributed by atoms with Crippen molar-refractivity contribution in [3.63, 3.8) is 0 Å². The van der Waals surface area contributed by atoms with Crippen molar-refractivity contribution >= 4 is 22.6 Å². The lowest BCUT2D eigenvalue weighted by molar-refractivity contribution is 0.100. The second-order valence-electron chi connectivity index (χ2n) is 6.94. The number of anilines is 1. The molecule has 4 aromatic rings. The van der Waals surface area contributed by atoms with Gasteiger partial charge < -0.3 is 11.1 Å². The maximum absolute atomic E-state index is 11.6. The maximum Gasteiger partial charge on any atom is 0.248 e. The molecule has 4 rings (SSSR count). The van der Waals surface area contributed by atoms with Crippen molar-refractivity contribution < 1.29 is 4.79 Å². The van der Waals surface area contributed by atoms with Gasteiger partial charge in [-0.2, -0.15) is 0 Å². The molecule has 0 radical (unpaired) electrons. The number of nitrogens with zero attached hydrogens (tertiary/aromatic N) is 2. The Bertz CT molecular complexity index is 1160. The monoisotopic (exact) mass is 370 g/mol. The van der Waals surface area contributed by atoms with Crippen molar-refractivity contribution in [2.24, 2.45) is 5.73 Å². The number of carbonyl (C=O) groups is 1. The summed E-state index contributed by atoms with van der Waals surface area (Å²) in [5.74, 6) is 0.416. The second kappa shape index (κ2) is 7.19. The minimum atomic E-state index is -0.452. The molecule has 0 saturated heterocycles. The summed E-state index contributed by atoms with van der Waals surface area (Å²) < 4.78 is 2.14. The molecule has 0 spiro atoms. The Hall–Kier alpha value is -3.60. The number of para-hydroxylation sites is 1. The fourth-order valence-electron chi connectivity index (χ4n) is 3.46. The number of nitrogens with two attached hydrogens (primary N) is 1. The van der Waals surface area contributed by atoms with Crippen LogP contribution in [-0.4, -0.2) is 15.5 Å². The molecule has 3 aromatic carbocycles. The van der Waals surface area contributed by atoms with E-state index in [1.165, 1.54) is 11.1 Å². The summed E-state index contributed by atoms with van der Waals surface area (Å²) in [5.41, 5.74) is 12.1. The number of hydrogen-bond acceptors (Lipinski definition) is 3. The third kappa shape index (κ3) is 3.34. The number of primary amides is 1. The first-order valence-corrected chi connectivity index (χ1v) is 9.20. The van der Waals surface area contributed by atoms with Crippen LogP contribution in [0.5, 0.6) is 0 Å². The average molecular weight is 370 g/mol. The molecule has 140 valence electrons. The molecular formula is C23H22N4O. The lowest BCUT2D eigenvalue weighted by Crippen LogP contribution is -2.10. The standard InChI is InChI=1S/C23H22N4O/c1-15-8-10-20(16(2)12-15)27-21-11-9-17(23(24)28)13-19(21)26-22(27)14-25-18-6-4-3-5-7-18/h3-13,25H,14H2,1-2H3,(H2,24,28). The Morgan fingerprint density at radius 1 is 1.04 bits per heavy atom. The molecule has 0 fully saturated rings. The number of amides is 1. The summed E-state index contributed by atoms with van der Waals surface area (Å²) in [4.78, 5) is 16.4. The van der Waals surface area contributed by atoms with Crippen LogP contribution >= 0.6 is 0 Å². The maximum atomic E-state index is 11.6. The van der Waals surface area contributed by atoms with Crippen LogP contribution in [0.2, 0.25) is 0 Å². The predicted molar refractivity (Wildman–Crippen MR) is 113 cm³/mol. The van der Waals surface area contributed by atoms with Crippen LogP contribution < -0.4 is 11.1 Å². The van der Waals surface area contributed by atoms with Crippen molar-refractivity contribution in [1.82, 2.24) is 9.55 Å². The molecule has 0 aliphatic rings. The van der Waals surface area contributed by atoms with Crippen LogP contribution in [0.3, 0.4) is 0 Å². The molecule has 0 saturated carbocycles. The number of aromatic nitrogens is 2. The Morgan fingerprint density at radius 2 is 1.82 bits per heavy atom. The van der Waals surface area contributed by atoms with Crippen molar-refractivity contribution in [3.8, 4) is 5.69 Å². The number of carbonyl (C=O) groups excluding carboxylic acids is 1. The summed E-state index contributed by atoms with van der Waals surface area (Å²) in [6.45, 7) is 4.73. The number of hydrogen-bond donors (Lipinski definition) is 2. The van der Waals surface area contributed by atoms with Gasteiger partial charge in [0.05, 0.1) is 23.3 Å². The zero-order chi connectivity index (χ0) is 19.7. The van der Waals surface area contributed by atoms with Crippen molar-refractivity contribution in [2.75, 3.05) is 5.32 Å². The highest BCUT2D eigenvalue weighted by atomic mass is 16.1. The summed E-state index contributed by atoms with van der Waals surface area (Å²) in [5, 5.41) is 3.43. The number of benzene rings is 3. The molecule has 0 atom stereocenters. The molecule has 0 aliphatic heterocycles. The summed E-state index contributed by atoms with van der Waals surface area (Å²) in [6, 6.07) is 21.8. The van der Waals surface area contributed by atoms with Gasteiger partial charge in [-0.05, 0) is 55.8 Å². The van der Waals surface area contributed by atoms with Crippen LogP contribution in [0.25, 0.3) is 16.7 Å². The topological polar surface area (TPSA) is 72.9 Å². The van der Waals surface area contributed by atoms with E-state index in [0.717, 1.165) is 28.2 Å². The van der Waals surface area contributed by atoms with Gasteiger partial charge in [-0.25, -0.2) is 4.98 Å². The van der Waals surface area contributed by atoms with Crippen LogP contribution in [0.15, 0.2) is 66.7 Å². The van der Waals surface area contributed by atoms with Gasteiger partial charge in [0.1, 0.15) is 5.82 Å². The first kappa shape index (κ1) is 17.8. The Labute approximate surface area is 163 Å². The fraction of sp³-hybridized carbons (Fsp3) is 0.130. The quantitative estimate of drug-likeness (QED) is 0.548. The van der Waals surface area contributed by atoms with E-state index in [4.69, 9.17) is 10.7 Å². The van der Waals surface area contributed by atoms with E-state index >= 15 is 0 Å². The van der Waals surface area contributed by atoms with E-state index in [9.17, 15) is 4.79 Å². The highest BCUT2D eigenvalue weighted by molar-refractivity contribution is 5.96. The van der Waals surface area contributed by atoms with Crippen molar-refractivity contribution in [3.05, 3.63) is 89.2 Å². The highest BCUT2D eigenvalue weighted by Crippen LogP contribution is 2.26. The van der Waals surface area contributed by atoms with Crippen molar-refractivity contribution in [2.45, 2.75) is 20.4 Å².